The minimum Gasteiger partial charge on any atom is -0.511 e. The van der Waals surface area contributed by atoms with Gasteiger partial charge >= 0.3 is 0 Å². The first-order chi connectivity index (χ1) is 25.3. The van der Waals surface area contributed by atoms with Gasteiger partial charge in [-0.15, -0.1) is 35.0 Å². The zero-order chi connectivity index (χ0) is 38.6. The number of hydrogen-bond donors (Lipinski definition) is 0. The summed E-state index contributed by atoms with van der Waals surface area (Å²) >= 11 is 0. The van der Waals surface area contributed by atoms with Crippen molar-refractivity contribution in [3.05, 3.63) is 108 Å². The molecule has 0 atom stereocenters. The molecule has 272 valence electrons. The summed E-state index contributed by atoms with van der Waals surface area (Å²) in [7, 11) is 0. The van der Waals surface area contributed by atoms with Crippen LogP contribution in [0.4, 0.5) is 5.69 Å². The average Bonchev–Trinajstić information content (AvgIpc) is 3.89. The van der Waals surface area contributed by atoms with Crippen LogP contribution in [0.15, 0.2) is 76.1 Å². The number of furan rings is 2. The minimum atomic E-state index is -2.30. The fourth-order valence-corrected chi connectivity index (χ4v) is 7.47. The van der Waals surface area contributed by atoms with E-state index in [1.165, 1.54) is 21.6 Å². The molecule has 7 aromatic rings. The third-order valence-electron chi connectivity index (χ3n) is 10.1. The molecule has 4 aromatic carbocycles. The van der Waals surface area contributed by atoms with Gasteiger partial charge in [-0.25, -0.2) is 0 Å². The molecule has 0 fully saturated rings. The van der Waals surface area contributed by atoms with Gasteiger partial charge in [0.25, 0.3) is 0 Å². The molecule has 4 heterocycles. The van der Waals surface area contributed by atoms with Crippen molar-refractivity contribution in [3.63, 3.8) is 0 Å². The summed E-state index contributed by atoms with van der Waals surface area (Å²) in [6.07, 6.45) is 7.41. The zero-order valence-electron chi connectivity index (χ0n) is 34.5. The van der Waals surface area contributed by atoms with Crippen LogP contribution in [0, 0.1) is 18.8 Å². The van der Waals surface area contributed by atoms with E-state index in [9.17, 15) is 0 Å². The molecule has 0 radical (unpaired) electrons. The molecule has 6 nitrogen and oxygen atoms in total. The molecule has 0 unspecified atom stereocenters. The maximum Gasteiger partial charge on any atom is 0.0722 e. The molecule has 0 bridgehead atoms. The fourth-order valence-electron chi connectivity index (χ4n) is 7.47. The maximum atomic E-state index is 7.93. The quantitative estimate of drug-likeness (QED) is 0.161. The molecule has 0 saturated carbocycles. The van der Waals surface area contributed by atoms with Crippen molar-refractivity contribution in [1.29, 1.82) is 0 Å². The van der Waals surface area contributed by atoms with Crippen molar-refractivity contribution in [3.8, 4) is 16.8 Å². The van der Waals surface area contributed by atoms with Crippen LogP contribution in [0.5, 0.6) is 0 Å². The van der Waals surface area contributed by atoms with Crippen molar-refractivity contribution in [2.24, 2.45) is 0 Å². The second-order valence-corrected chi connectivity index (χ2v) is 16.6. The summed E-state index contributed by atoms with van der Waals surface area (Å²) in [5.41, 5.74) is 10.9. The third kappa shape index (κ3) is 5.88. The van der Waals surface area contributed by atoms with Gasteiger partial charge in [0.2, 0.25) is 0 Å². The van der Waals surface area contributed by atoms with Crippen LogP contribution < -0.4 is 4.90 Å². The Morgan fingerprint density at radius 3 is 1.81 bits per heavy atom. The fraction of sp³-hybridized carbons (Fsp3) is 0.333. The number of benzene rings is 4. The van der Waals surface area contributed by atoms with E-state index in [-0.39, 0.29) is 31.9 Å². The van der Waals surface area contributed by atoms with E-state index >= 15 is 0 Å². The summed E-state index contributed by atoms with van der Waals surface area (Å²) in [5, 5.41) is 8.38. The zero-order valence-corrected chi connectivity index (χ0v) is 33.8. The van der Waals surface area contributed by atoms with Gasteiger partial charge < -0.3 is 18.6 Å². The van der Waals surface area contributed by atoms with Crippen LogP contribution in [0.3, 0.4) is 0 Å². The molecule has 1 aliphatic rings. The van der Waals surface area contributed by atoms with Gasteiger partial charge in [-0.3, -0.25) is 4.68 Å². The first kappa shape index (κ1) is 32.4. The predicted octanol–water partition coefficient (Wildman–Crippen LogP) is 12.1. The van der Waals surface area contributed by atoms with Crippen LogP contribution in [0.1, 0.15) is 107 Å². The Kier molecular flexibility index (Phi) is 7.90. The van der Waals surface area contributed by atoms with E-state index < -0.39 is 6.98 Å². The maximum absolute atomic E-state index is 7.93. The topological polar surface area (TPSA) is 50.6 Å². The normalized spacial score (nSPS) is 15.1. The van der Waals surface area contributed by atoms with Gasteiger partial charge in [0, 0.05) is 48.1 Å². The Labute approximate surface area is 325 Å². The van der Waals surface area contributed by atoms with Crippen molar-refractivity contribution < 1.29 is 34.0 Å². The molecule has 0 spiro atoms. The van der Waals surface area contributed by atoms with E-state index in [1.54, 1.807) is 24.0 Å². The van der Waals surface area contributed by atoms with Gasteiger partial charge in [-0.1, -0.05) is 115 Å². The number of anilines is 1. The van der Waals surface area contributed by atoms with Gasteiger partial charge in [0.15, 0.2) is 0 Å². The number of fused-ring (bicyclic) bond motifs is 7. The average molecular weight is 874 g/mol. The van der Waals surface area contributed by atoms with Crippen molar-refractivity contribution in [1.82, 2.24) is 14.7 Å². The molecule has 3 aromatic heterocycles. The summed E-state index contributed by atoms with van der Waals surface area (Å²) < 4.78 is 39.2. The Morgan fingerprint density at radius 2 is 1.31 bits per heavy atom. The molecular weight excluding hydrogens is 824 g/mol. The third-order valence-corrected chi connectivity index (χ3v) is 10.1. The van der Waals surface area contributed by atoms with E-state index in [2.05, 4.69) is 112 Å². The van der Waals surface area contributed by atoms with E-state index in [4.69, 9.17) is 18.0 Å². The Bertz CT molecular complexity index is 2600. The predicted molar refractivity (Wildman–Crippen MR) is 210 cm³/mol. The van der Waals surface area contributed by atoms with E-state index in [0.717, 1.165) is 66.4 Å². The number of nitrogens with zero attached hydrogens (tertiary/aromatic N) is 4. The monoisotopic (exact) mass is 873 g/mol. The number of aromatic nitrogens is 2. The largest absolute Gasteiger partial charge is 0.511 e. The minimum absolute atomic E-state index is 0. The number of hydrogen-bond acceptors (Lipinski definition) is 5. The van der Waals surface area contributed by atoms with Crippen LogP contribution in [0.25, 0.3) is 60.7 Å². The molecule has 8 rings (SSSR count). The van der Waals surface area contributed by atoms with E-state index in [0.29, 0.717) is 17.4 Å². The standard InChI is InChI=1S/C45H47N4O2.Pt/c1-26(2)31-13-12-14-32(27(3)4)39(31)28-23-46-49(24-28)30-20-34-41-38(51-43(34)36(22-30)45(8,9)10)16-15-37-40(41)33-19-29(48-18-17-47(11)25-48)21-35(42(33)50-37)44(5,6)7;/h12-18,21-27H,1-11H3;/q-3;/i11D3;. The molecule has 52 heavy (non-hydrogen) atoms. The van der Waals surface area contributed by atoms with Crippen LogP contribution in [0.2, 0.25) is 0 Å². The molecule has 1 aliphatic heterocycles. The van der Waals surface area contributed by atoms with Gasteiger partial charge in [-0.05, 0) is 76.6 Å². The molecule has 0 N–H and O–H groups in total. The summed E-state index contributed by atoms with van der Waals surface area (Å²) in [4.78, 5) is 3.03. The Balaban J connectivity index is 0.00000465. The number of rotatable bonds is 5. The van der Waals surface area contributed by atoms with Gasteiger partial charge in [-0.2, -0.15) is 11.8 Å². The first-order valence-electron chi connectivity index (χ1n) is 19.3. The van der Waals surface area contributed by atoms with Crippen LogP contribution in [-0.2, 0) is 31.9 Å². The molecular formula is C45H47N4O2Pt-3. The SMILES string of the molecule is [2H]C([2H])([2H])N1C=CN(c2[c-]c3c(oc4ccc5oc6c(C(C)(C)C)cc(-n7cc(-c8c(C(C)C)cccc8C(C)C)cn7)[c-]c6c5c43)c(C(C)(C)C)c2)[CH-]1.[Pt]. The smallest absolute Gasteiger partial charge is 0.0722 e. The summed E-state index contributed by atoms with van der Waals surface area (Å²) in [5.74, 6) is 0.718. The van der Waals surface area contributed by atoms with Gasteiger partial charge in [0.05, 0.1) is 17.4 Å². The summed E-state index contributed by atoms with van der Waals surface area (Å²) in [6, 6.07) is 22.1. The van der Waals surface area contributed by atoms with E-state index in [1.807, 2.05) is 29.1 Å². The van der Waals surface area contributed by atoms with Crippen LogP contribution in [-0.4, -0.2) is 21.7 Å². The molecule has 0 saturated heterocycles. The second kappa shape index (κ2) is 12.7. The Morgan fingerprint density at radius 1 is 0.769 bits per heavy atom. The van der Waals surface area contributed by atoms with Crippen molar-refractivity contribution >= 4 is 49.6 Å². The van der Waals surface area contributed by atoms with Crippen molar-refractivity contribution in [2.45, 2.75) is 91.9 Å². The Hall–Kier alpha value is -4.28. The molecule has 0 amide bonds. The second-order valence-electron chi connectivity index (χ2n) is 16.6. The first-order valence-corrected chi connectivity index (χ1v) is 17.8. The van der Waals surface area contributed by atoms with Crippen LogP contribution >= 0.6 is 0 Å². The summed E-state index contributed by atoms with van der Waals surface area (Å²) in [6.45, 7) is 21.3. The molecule has 7 heteroatoms. The van der Waals surface area contributed by atoms with Crippen molar-refractivity contribution in [2.75, 3.05) is 11.9 Å². The van der Waals surface area contributed by atoms with Gasteiger partial charge in [0.1, 0.15) is 0 Å². The molecule has 0 aliphatic carbocycles.